The second-order valence-corrected chi connectivity index (χ2v) is 12.0. The Hall–Kier alpha value is -2.27. The van der Waals surface area contributed by atoms with Crippen molar-refractivity contribution in [3.05, 3.63) is 45.8 Å². The van der Waals surface area contributed by atoms with E-state index in [2.05, 4.69) is 24.1 Å². The van der Waals surface area contributed by atoms with E-state index in [4.69, 9.17) is 4.74 Å². The number of rotatable bonds is 6. The van der Waals surface area contributed by atoms with Gasteiger partial charge in [0.25, 0.3) is 5.91 Å². The summed E-state index contributed by atoms with van der Waals surface area (Å²) in [4.78, 5) is 29.0. The number of ether oxygens (including phenoxy) is 1. The number of hydrogen-bond donors (Lipinski definition) is 1. The van der Waals surface area contributed by atoms with E-state index in [1.54, 1.807) is 0 Å². The standard InChI is InChI=1S/C24H31N3O5S2/c1-4-26-13-11-19-20(15-26)33-23(21(19)24(29)32-3)25-22(28)17-7-9-18(10-8-17)34(30,31)27-12-5-6-16(2)14-27/h7-10,16H,4-6,11-15H2,1-3H3,(H,25,28)/t16-/m1/s1. The number of nitrogens with zero attached hydrogens (tertiary/aromatic N) is 2. The Bertz CT molecular complexity index is 1170. The summed E-state index contributed by atoms with van der Waals surface area (Å²) in [6, 6.07) is 5.98. The summed E-state index contributed by atoms with van der Waals surface area (Å²) in [6.07, 6.45) is 2.60. The molecule has 184 valence electrons. The molecule has 10 heteroatoms. The molecule has 1 amide bonds. The van der Waals surface area contributed by atoms with Crippen LogP contribution in [-0.2, 0) is 27.7 Å². The van der Waals surface area contributed by atoms with Crippen LogP contribution in [0.15, 0.2) is 29.2 Å². The lowest BCUT2D eigenvalue weighted by molar-refractivity contribution is 0.0600. The number of sulfonamides is 1. The summed E-state index contributed by atoms with van der Waals surface area (Å²) < 4.78 is 32.5. The average Bonchev–Trinajstić information content (AvgIpc) is 3.20. The lowest BCUT2D eigenvalue weighted by Gasteiger charge is -2.30. The molecule has 2 aliphatic rings. The Morgan fingerprint density at radius 2 is 1.94 bits per heavy atom. The van der Waals surface area contributed by atoms with E-state index < -0.39 is 21.9 Å². The molecule has 0 spiro atoms. The van der Waals surface area contributed by atoms with Gasteiger partial charge >= 0.3 is 5.97 Å². The number of benzene rings is 1. The first-order valence-electron chi connectivity index (χ1n) is 11.6. The highest BCUT2D eigenvalue weighted by molar-refractivity contribution is 7.89. The maximum absolute atomic E-state index is 13.0. The fourth-order valence-electron chi connectivity index (χ4n) is 4.60. The first-order valence-corrected chi connectivity index (χ1v) is 13.9. The van der Waals surface area contributed by atoms with Crippen molar-refractivity contribution in [2.75, 3.05) is 38.6 Å². The molecule has 1 fully saturated rings. The Morgan fingerprint density at radius 1 is 1.21 bits per heavy atom. The van der Waals surface area contributed by atoms with Gasteiger partial charge in [-0.3, -0.25) is 9.69 Å². The van der Waals surface area contributed by atoms with Crippen molar-refractivity contribution in [2.45, 2.75) is 44.6 Å². The highest BCUT2D eigenvalue weighted by Gasteiger charge is 2.30. The van der Waals surface area contributed by atoms with E-state index in [1.165, 1.54) is 47.0 Å². The molecular formula is C24H31N3O5S2. The number of fused-ring (bicyclic) bond motifs is 1. The normalized spacial score (nSPS) is 19.4. The molecular weight excluding hydrogens is 474 g/mol. The largest absolute Gasteiger partial charge is 0.465 e. The number of thiophene rings is 1. The summed E-state index contributed by atoms with van der Waals surface area (Å²) in [6.45, 7) is 7.68. The summed E-state index contributed by atoms with van der Waals surface area (Å²) in [7, 11) is -2.25. The number of nitrogens with one attached hydrogen (secondary N) is 1. The molecule has 8 nitrogen and oxygen atoms in total. The number of carbonyl (C=O) groups excluding carboxylic acids is 2. The van der Waals surface area contributed by atoms with Gasteiger partial charge in [-0.1, -0.05) is 13.8 Å². The van der Waals surface area contributed by atoms with Gasteiger partial charge in [0.1, 0.15) is 5.00 Å². The van der Waals surface area contributed by atoms with Crippen LogP contribution >= 0.6 is 11.3 Å². The fraction of sp³-hybridized carbons (Fsp3) is 0.500. The number of piperidine rings is 1. The van der Waals surface area contributed by atoms with Gasteiger partial charge in [-0.2, -0.15) is 4.31 Å². The van der Waals surface area contributed by atoms with Gasteiger partial charge in [0.2, 0.25) is 10.0 Å². The topological polar surface area (TPSA) is 96.0 Å². The van der Waals surface area contributed by atoms with Crippen molar-refractivity contribution in [1.82, 2.24) is 9.21 Å². The summed E-state index contributed by atoms with van der Waals surface area (Å²) in [5.74, 6) is -0.528. The van der Waals surface area contributed by atoms with Crippen molar-refractivity contribution in [3.8, 4) is 0 Å². The van der Waals surface area contributed by atoms with Gasteiger partial charge in [0, 0.05) is 36.6 Å². The van der Waals surface area contributed by atoms with Crippen LogP contribution in [0.4, 0.5) is 5.00 Å². The first-order chi connectivity index (χ1) is 16.2. The van der Waals surface area contributed by atoms with Gasteiger partial charge in [-0.25, -0.2) is 13.2 Å². The second kappa shape index (κ2) is 10.2. The number of esters is 1. The molecule has 2 aliphatic heterocycles. The first kappa shape index (κ1) is 24.8. The van der Waals surface area contributed by atoms with Gasteiger partial charge < -0.3 is 10.1 Å². The van der Waals surface area contributed by atoms with Crippen LogP contribution in [-0.4, -0.2) is 62.8 Å². The maximum Gasteiger partial charge on any atom is 0.341 e. The molecule has 0 unspecified atom stereocenters. The van der Waals surface area contributed by atoms with Crippen molar-refractivity contribution >= 4 is 38.2 Å². The van der Waals surface area contributed by atoms with Gasteiger partial charge in [0.05, 0.1) is 17.6 Å². The van der Waals surface area contributed by atoms with Crippen LogP contribution < -0.4 is 5.32 Å². The minimum Gasteiger partial charge on any atom is -0.465 e. The number of likely N-dealkylation sites (N-methyl/N-ethyl adjacent to an activating group) is 1. The minimum absolute atomic E-state index is 0.180. The molecule has 1 aromatic heterocycles. The van der Waals surface area contributed by atoms with E-state index in [0.29, 0.717) is 35.1 Å². The molecule has 34 heavy (non-hydrogen) atoms. The molecule has 0 saturated carbocycles. The molecule has 4 rings (SSSR count). The number of carbonyl (C=O) groups is 2. The average molecular weight is 506 g/mol. The zero-order valence-corrected chi connectivity index (χ0v) is 21.4. The molecule has 3 heterocycles. The van der Waals surface area contributed by atoms with E-state index in [1.807, 2.05) is 0 Å². The highest BCUT2D eigenvalue weighted by Crippen LogP contribution is 2.38. The molecule has 1 atom stereocenters. The van der Waals surface area contributed by atoms with Crippen LogP contribution in [0.5, 0.6) is 0 Å². The maximum atomic E-state index is 13.0. The number of methoxy groups -OCH3 is 1. The lowest BCUT2D eigenvalue weighted by atomic mass is 10.0. The minimum atomic E-state index is -3.59. The summed E-state index contributed by atoms with van der Waals surface area (Å²) >= 11 is 1.40. The number of amides is 1. The van der Waals surface area contributed by atoms with Crippen molar-refractivity contribution in [2.24, 2.45) is 5.92 Å². The molecule has 0 aliphatic carbocycles. The monoisotopic (exact) mass is 505 g/mol. The van der Waals surface area contributed by atoms with E-state index >= 15 is 0 Å². The molecule has 1 N–H and O–H groups in total. The molecule has 0 radical (unpaired) electrons. The number of anilines is 1. The van der Waals surface area contributed by atoms with Gasteiger partial charge in [-0.05, 0) is 61.6 Å². The van der Waals surface area contributed by atoms with Gasteiger partial charge in [-0.15, -0.1) is 11.3 Å². The summed E-state index contributed by atoms with van der Waals surface area (Å²) in [5.41, 5.74) is 1.68. The third-order valence-corrected chi connectivity index (χ3v) is 9.59. The van der Waals surface area contributed by atoms with E-state index in [-0.39, 0.29) is 4.90 Å². The van der Waals surface area contributed by atoms with Crippen LogP contribution in [0.2, 0.25) is 0 Å². The highest BCUT2D eigenvalue weighted by atomic mass is 32.2. The predicted molar refractivity (Wildman–Crippen MR) is 132 cm³/mol. The van der Waals surface area contributed by atoms with Crippen LogP contribution in [0.1, 0.15) is 57.8 Å². The summed E-state index contributed by atoms with van der Waals surface area (Å²) in [5, 5.41) is 3.33. The Morgan fingerprint density at radius 3 is 2.59 bits per heavy atom. The predicted octanol–water partition coefficient (Wildman–Crippen LogP) is 3.59. The SMILES string of the molecule is CCN1CCc2c(sc(NC(=O)c3ccc(S(=O)(=O)N4CCC[C@@H](C)C4)cc3)c2C(=O)OC)C1. The molecule has 1 saturated heterocycles. The quantitative estimate of drug-likeness (QED) is 0.603. The molecule has 0 bridgehead atoms. The van der Waals surface area contributed by atoms with E-state index in [9.17, 15) is 18.0 Å². The Kier molecular flexibility index (Phi) is 7.42. The number of hydrogen-bond acceptors (Lipinski definition) is 7. The fourth-order valence-corrected chi connectivity index (χ4v) is 7.47. The smallest absolute Gasteiger partial charge is 0.341 e. The Balaban J connectivity index is 1.54. The molecule has 1 aromatic carbocycles. The Labute approximate surface area is 204 Å². The van der Waals surface area contributed by atoms with Crippen LogP contribution in [0, 0.1) is 5.92 Å². The second-order valence-electron chi connectivity index (χ2n) is 8.91. The van der Waals surface area contributed by atoms with Crippen LogP contribution in [0.25, 0.3) is 0 Å². The zero-order valence-electron chi connectivity index (χ0n) is 19.8. The van der Waals surface area contributed by atoms with Gasteiger partial charge in [0.15, 0.2) is 0 Å². The van der Waals surface area contributed by atoms with Crippen LogP contribution in [0.3, 0.4) is 0 Å². The third kappa shape index (κ3) is 4.91. The third-order valence-electron chi connectivity index (χ3n) is 6.57. The van der Waals surface area contributed by atoms with Crippen molar-refractivity contribution in [1.29, 1.82) is 0 Å². The zero-order chi connectivity index (χ0) is 24.5. The van der Waals surface area contributed by atoms with Crippen molar-refractivity contribution < 1.29 is 22.7 Å². The van der Waals surface area contributed by atoms with Crippen molar-refractivity contribution in [3.63, 3.8) is 0 Å². The lowest BCUT2D eigenvalue weighted by Crippen LogP contribution is -2.39. The molecule has 2 aromatic rings. The van der Waals surface area contributed by atoms with E-state index in [0.717, 1.165) is 49.3 Å².